The maximum atomic E-state index is 12.4. The van der Waals surface area contributed by atoms with E-state index in [2.05, 4.69) is 25.7 Å². The fraction of sp³-hybridized carbons (Fsp3) is 0.389. The van der Waals surface area contributed by atoms with E-state index in [9.17, 15) is 4.79 Å². The fourth-order valence-corrected chi connectivity index (χ4v) is 2.51. The number of rotatable bonds is 6. The van der Waals surface area contributed by atoms with Crippen LogP contribution in [0.2, 0.25) is 0 Å². The number of aryl methyl sites for hydroxylation is 3. The average molecular weight is 327 g/mol. The minimum Gasteiger partial charge on any atom is -0.367 e. The Bertz CT molecular complexity index is 687. The lowest BCUT2D eigenvalue weighted by atomic mass is 10.1. The van der Waals surface area contributed by atoms with Gasteiger partial charge in [0.1, 0.15) is 5.82 Å². The standard InChI is InChI=1S/C18H25N5O/c1-12-10-13(2)17(14(3)11-12)20-18(24)15-6-7-16(22-21-15)19-8-9-23(4)5/h6-7,10-11H,8-9H2,1-5H3,(H,19,22)(H,20,24). The van der Waals surface area contributed by atoms with Gasteiger partial charge >= 0.3 is 0 Å². The van der Waals surface area contributed by atoms with Gasteiger partial charge in [-0.15, -0.1) is 10.2 Å². The van der Waals surface area contributed by atoms with Gasteiger partial charge in [0.2, 0.25) is 0 Å². The van der Waals surface area contributed by atoms with Crippen LogP contribution in [0, 0.1) is 20.8 Å². The zero-order chi connectivity index (χ0) is 17.7. The summed E-state index contributed by atoms with van der Waals surface area (Å²) in [4.78, 5) is 14.5. The van der Waals surface area contributed by atoms with Crippen molar-refractivity contribution in [3.63, 3.8) is 0 Å². The lowest BCUT2D eigenvalue weighted by molar-refractivity contribution is 0.102. The Balaban J connectivity index is 2.03. The molecule has 0 aliphatic heterocycles. The van der Waals surface area contributed by atoms with E-state index in [0.717, 1.165) is 29.9 Å². The van der Waals surface area contributed by atoms with Gasteiger partial charge in [0.25, 0.3) is 5.91 Å². The van der Waals surface area contributed by atoms with Crippen LogP contribution in [0.3, 0.4) is 0 Å². The van der Waals surface area contributed by atoms with Crippen LogP contribution in [0.4, 0.5) is 11.5 Å². The first-order valence-corrected chi connectivity index (χ1v) is 7.98. The number of aromatic nitrogens is 2. The molecule has 1 aromatic carbocycles. The minimum atomic E-state index is -0.252. The van der Waals surface area contributed by atoms with Gasteiger partial charge in [-0.05, 0) is 58.1 Å². The molecule has 0 saturated heterocycles. The number of anilines is 2. The van der Waals surface area contributed by atoms with Crippen molar-refractivity contribution in [1.82, 2.24) is 15.1 Å². The summed E-state index contributed by atoms with van der Waals surface area (Å²) >= 11 is 0. The molecule has 24 heavy (non-hydrogen) atoms. The highest BCUT2D eigenvalue weighted by Crippen LogP contribution is 2.22. The lowest BCUT2D eigenvalue weighted by Crippen LogP contribution is -2.21. The molecule has 2 N–H and O–H groups in total. The maximum absolute atomic E-state index is 12.4. The van der Waals surface area contributed by atoms with E-state index in [0.29, 0.717) is 11.5 Å². The van der Waals surface area contributed by atoms with E-state index in [-0.39, 0.29) is 5.91 Å². The molecule has 0 radical (unpaired) electrons. The van der Waals surface area contributed by atoms with Gasteiger partial charge in [0, 0.05) is 18.8 Å². The van der Waals surface area contributed by atoms with Crippen molar-refractivity contribution in [2.75, 3.05) is 37.8 Å². The number of carbonyl (C=O) groups excluding carboxylic acids is 1. The van der Waals surface area contributed by atoms with Crippen molar-refractivity contribution in [3.8, 4) is 0 Å². The predicted molar refractivity (Wildman–Crippen MR) is 97.7 cm³/mol. The van der Waals surface area contributed by atoms with Gasteiger partial charge in [-0.2, -0.15) is 0 Å². The summed E-state index contributed by atoms with van der Waals surface area (Å²) in [6.45, 7) is 7.68. The Morgan fingerprint density at radius 3 is 2.29 bits per heavy atom. The Labute approximate surface area is 143 Å². The second-order valence-electron chi connectivity index (χ2n) is 6.26. The first-order chi connectivity index (χ1) is 11.4. The predicted octanol–water partition coefficient (Wildman–Crippen LogP) is 2.63. The van der Waals surface area contributed by atoms with E-state index < -0.39 is 0 Å². The summed E-state index contributed by atoms with van der Waals surface area (Å²) in [5, 5.41) is 14.2. The number of hydrogen-bond acceptors (Lipinski definition) is 5. The second kappa shape index (κ2) is 7.88. The van der Waals surface area contributed by atoms with Crippen molar-refractivity contribution in [2.24, 2.45) is 0 Å². The number of hydrogen-bond donors (Lipinski definition) is 2. The van der Waals surface area contributed by atoms with Crippen molar-refractivity contribution in [3.05, 3.63) is 46.6 Å². The van der Waals surface area contributed by atoms with E-state index in [4.69, 9.17) is 0 Å². The lowest BCUT2D eigenvalue weighted by Gasteiger charge is -2.13. The normalized spacial score (nSPS) is 10.8. The highest BCUT2D eigenvalue weighted by atomic mass is 16.1. The van der Waals surface area contributed by atoms with Crippen LogP contribution in [0.25, 0.3) is 0 Å². The Kier molecular flexibility index (Phi) is 5.87. The fourth-order valence-electron chi connectivity index (χ4n) is 2.51. The number of nitrogens with zero attached hydrogens (tertiary/aromatic N) is 3. The number of carbonyl (C=O) groups is 1. The molecule has 1 heterocycles. The second-order valence-corrected chi connectivity index (χ2v) is 6.26. The van der Waals surface area contributed by atoms with E-state index in [1.165, 1.54) is 5.56 Å². The summed E-state index contributed by atoms with van der Waals surface area (Å²) in [6.07, 6.45) is 0. The third-order valence-corrected chi connectivity index (χ3v) is 3.68. The van der Waals surface area contributed by atoms with Crippen molar-refractivity contribution in [1.29, 1.82) is 0 Å². The minimum absolute atomic E-state index is 0.252. The first-order valence-electron chi connectivity index (χ1n) is 7.98. The molecule has 0 spiro atoms. The molecule has 0 unspecified atom stereocenters. The summed E-state index contributed by atoms with van der Waals surface area (Å²) in [6, 6.07) is 7.55. The molecule has 1 amide bonds. The molecule has 6 heteroatoms. The highest BCUT2D eigenvalue weighted by Gasteiger charge is 2.12. The molecule has 2 aromatic rings. The molecular weight excluding hydrogens is 302 g/mol. The molecular formula is C18H25N5O. The number of nitrogens with one attached hydrogen (secondary N) is 2. The smallest absolute Gasteiger partial charge is 0.276 e. The zero-order valence-electron chi connectivity index (χ0n) is 15.0. The third kappa shape index (κ3) is 4.76. The van der Waals surface area contributed by atoms with Crippen molar-refractivity contribution in [2.45, 2.75) is 20.8 Å². The van der Waals surface area contributed by atoms with Gasteiger partial charge < -0.3 is 15.5 Å². The van der Waals surface area contributed by atoms with Crippen LogP contribution in [0.15, 0.2) is 24.3 Å². The zero-order valence-corrected chi connectivity index (χ0v) is 15.0. The Morgan fingerprint density at radius 1 is 1.08 bits per heavy atom. The van der Waals surface area contributed by atoms with Crippen LogP contribution in [-0.2, 0) is 0 Å². The summed E-state index contributed by atoms with van der Waals surface area (Å²) < 4.78 is 0. The number of benzene rings is 1. The molecule has 0 aliphatic carbocycles. The molecule has 0 bridgehead atoms. The number of amides is 1. The molecule has 0 aliphatic rings. The van der Waals surface area contributed by atoms with Crippen LogP contribution in [0.1, 0.15) is 27.2 Å². The van der Waals surface area contributed by atoms with Gasteiger partial charge in [-0.1, -0.05) is 17.7 Å². The summed E-state index contributed by atoms with van der Waals surface area (Å²) in [7, 11) is 4.02. The number of likely N-dealkylation sites (N-methyl/N-ethyl adjacent to an activating group) is 1. The Hall–Kier alpha value is -2.47. The van der Waals surface area contributed by atoms with E-state index in [1.807, 2.05) is 47.0 Å². The highest BCUT2D eigenvalue weighted by molar-refractivity contribution is 6.03. The largest absolute Gasteiger partial charge is 0.367 e. The van der Waals surface area contributed by atoms with Crippen LogP contribution < -0.4 is 10.6 Å². The van der Waals surface area contributed by atoms with Crippen molar-refractivity contribution >= 4 is 17.4 Å². The quantitative estimate of drug-likeness (QED) is 0.853. The summed E-state index contributed by atoms with van der Waals surface area (Å²) in [5.74, 6) is 0.411. The molecule has 0 fully saturated rings. The van der Waals surface area contributed by atoms with Crippen molar-refractivity contribution < 1.29 is 4.79 Å². The topological polar surface area (TPSA) is 70.2 Å². The molecule has 0 atom stereocenters. The molecule has 6 nitrogen and oxygen atoms in total. The monoisotopic (exact) mass is 327 g/mol. The van der Waals surface area contributed by atoms with Gasteiger partial charge in [-0.3, -0.25) is 4.79 Å². The first kappa shape index (κ1) is 17.9. The SMILES string of the molecule is Cc1cc(C)c(NC(=O)c2ccc(NCCN(C)C)nn2)c(C)c1. The van der Waals surface area contributed by atoms with Gasteiger partial charge in [-0.25, -0.2) is 0 Å². The average Bonchev–Trinajstić information content (AvgIpc) is 2.51. The molecule has 0 saturated carbocycles. The third-order valence-electron chi connectivity index (χ3n) is 3.68. The van der Waals surface area contributed by atoms with Crippen LogP contribution >= 0.6 is 0 Å². The molecule has 2 rings (SSSR count). The van der Waals surface area contributed by atoms with Gasteiger partial charge in [0.05, 0.1) is 0 Å². The van der Waals surface area contributed by atoms with E-state index >= 15 is 0 Å². The Morgan fingerprint density at radius 2 is 1.75 bits per heavy atom. The van der Waals surface area contributed by atoms with Gasteiger partial charge in [0.15, 0.2) is 5.69 Å². The molecule has 128 valence electrons. The van der Waals surface area contributed by atoms with E-state index in [1.54, 1.807) is 12.1 Å². The van der Waals surface area contributed by atoms with Crippen LogP contribution in [0.5, 0.6) is 0 Å². The maximum Gasteiger partial charge on any atom is 0.276 e. The summed E-state index contributed by atoms with van der Waals surface area (Å²) in [5.41, 5.74) is 4.38. The van der Waals surface area contributed by atoms with Crippen LogP contribution in [-0.4, -0.2) is 48.2 Å². The molecule has 1 aromatic heterocycles.